The SMILES string of the molecule is Cc1ccc(C2NCCc3cc(OCCN(C)C)ccc32)nc1. The third-order valence-electron chi connectivity index (χ3n) is 4.21. The predicted molar refractivity (Wildman–Crippen MR) is 93.0 cm³/mol. The van der Waals surface area contributed by atoms with Crippen LogP contribution >= 0.6 is 0 Å². The minimum Gasteiger partial charge on any atom is -0.492 e. The number of fused-ring (bicyclic) bond motifs is 1. The van der Waals surface area contributed by atoms with Gasteiger partial charge < -0.3 is 15.0 Å². The number of aromatic nitrogens is 1. The van der Waals surface area contributed by atoms with Crippen molar-refractivity contribution >= 4 is 0 Å². The third-order valence-corrected chi connectivity index (χ3v) is 4.21. The first-order chi connectivity index (χ1) is 11.1. The van der Waals surface area contributed by atoms with Crippen LogP contribution in [0.15, 0.2) is 36.5 Å². The molecule has 0 aliphatic carbocycles. The van der Waals surface area contributed by atoms with Gasteiger partial charge in [-0.05, 0) is 62.3 Å². The number of nitrogens with one attached hydrogen (secondary N) is 1. The lowest BCUT2D eigenvalue weighted by molar-refractivity contribution is 0.261. The summed E-state index contributed by atoms with van der Waals surface area (Å²) in [6, 6.07) is 10.9. The van der Waals surface area contributed by atoms with Gasteiger partial charge in [-0.1, -0.05) is 12.1 Å². The first-order valence-corrected chi connectivity index (χ1v) is 8.20. The van der Waals surface area contributed by atoms with E-state index in [9.17, 15) is 0 Å². The van der Waals surface area contributed by atoms with Crippen LogP contribution in [-0.2, 0) is 6.42 Å². The van der Waals surface area contributed by atoms with Crippen LogP contribution < -0.4 is 10.1 Å². The van der Waals surface area contributed by atoms with Crippen molar-refractivity contribution in [3.63, 3.8) is 0 Å². The molecule has 0 spiro atoms. The van der Waals surface area contributed by atoms with E-state index in [1.807, 2.05) is 6.20 Å². The van der Waals surface area contributed by atoms with Gasteiger partial charge in [0.05, 0.1) is 11.7 Å². The van der Waals surface area contributed by atoms with Gasteiger partial charge in [-0.15, -0.1) is 0 Å². The molecule has 1 aliphatic heterocycles. The van der Waals surface area contributed by atoms with Gasteiger partial charge in [-0.25, -0.2) is 0 Å². The molecule has 4 nitrogen and oxygen atoms in total. The Labute approximate surface area is 138 Å². The summed E-state index contributed by atoms with van der Waals surface area (Å²) < 4.78 is 5.86. The maximum atomic E-state index is 5.86. The Balaban J connectivity index is 1.78. The van der Waals surface area contributed by atoms with Crippen molar-refractivity contribution in [1.82, 2.24) is 15.2 Å². The summed E-state index contributed by atoms with van der Waals surface area (Å²) in [4.78, 5) is 6.72. The average molecular weight is 311 g/mol. The van der Waals surface area contributed by atoms with Crippen molar-refractivity contribution in [2.45, 2.75) is 19.4 Å². The number of benzene rings is 1. The van der Waals surface area contributed by atoms with Gasteiger partial charge in [0.25, 0.3) is 0 Å². The van der Waals surface area contributed by atoms with Crippen molar-refractivity contribution in [2.75, 3.05) is 33.8 Å². The average Bonchev–Trinajstić information content (AvgIpc) is 2.54. The number of hydrogen-bond donors (Lipinski definition) is 1. The molecule has 23 heavy (non-hydrogen) atoms. The molecule has 0 bridgehead atoms. The second kappa shape index (κ2) is 7.11. The molecule has 1 unspecified atom stereocenters. The van der Waals surface area contributed by atoms with Gasteiger partial charge >= 0.3 is 0 Å². The van der Waals surface area contributed by atoms with E-state index in [1.54, 1.807) is 0 Å². The fourth-order valence-corrected chi connectivity index (χ4v) is 2.89. The molecule has 2 heterocycles. The Kier molecular flexibility index (Phi) is 4.94. The fraction of sp³-hybridized carbons (Fsp3) is 0.421. The Morgan fingerprint density at radius 2 is 2.13 bits per heavy atom. The number of pyridine rings is 1. The van der Waals surface area contributed by atoms with Gasteiger partial charge in [0, 0.05) is 19.3 Å². The summed E-state index contributed by atoms with van der Waals surface area (Å²) in [7, 11) is 4.11. The zero-order chi connectivity index (χ0) is 16.2. The number of likely N-dealkylation sites (N-methyl/N-ethyl adjacent to an activating group) is 1. The second-order valence-corrected chi connectivity index (χ2v) is 6.41. The Morgan fingerprint density at radius 1 is 1.26 bits per heavy atom. The van der Waals surface area contributed by atoms with E-state index in [-0.39, 0.29) is 6.04 Å². The van der Waals surface area contributed by atoms with E-state index in [4.69, 9.17) is 4.74 Å². The van der Waals surface area contributed by atoms with Crippen LogP contribution in [0.3, 0.4) is 0 Å². The largest absolute Gasteiger partial charge is 0.492 e. The van der Waals surface area contributed by atoms with Crippen LogP contribution in [0.25, 0.3) is 0 Å². The monoisotopic (exact) mass is 311 g/mol. The minimum absolute atomic E-state index is 0.176. The van der Waals surface area contributed by atoms with Crippen LogP contribution in [0.5, 0.6) is 5.75 Å². The van der Waals surface area contributed by atoms with Crippen LogP contribution in [0, 0.1) is 6.92 Å². The van der Waals surface area contributed by atoms with Crippen LogP contribution in [-0.4, -0.2) is 43.7 Å². The Hall–Kier alpha value is -1.91. The van der Waals surface area contributed by atoms with Crippen LogP contribution in [0.4, 0.5) is 0 Å². The maximum absolute atomic E-state index is 5.86. The van der Waals surface area contributed by atoms with Crippen molar-refractivity contribution in [3.8, 4) is 5.75 Å². The smallest absolute Gasteiger partial charge is 0.119 e. The zero-order valence-corrected chi connectivity index (χ0v) is 14.2. The van der Waals surface area contributed by atoms with Gasteiger partial charge in [0.1, 0.15) is 12.4 Å². The van der Waals surface area contributed by atoms with E-state index >= 15 is 0 Å². The summed E-state index contributed by atoms with van der Waals surface area (Å²) in [6.07, 6.45) is 2.96. The normalized spacial score (nSPS) is 17.1. The highest BCUT2D eigenvalue weighted by Crippen LogP contribution is 2.30. The van der Waals surface area contributed by atoms with E-state index < -0.39 is 0 Å². The van der Waals surface area contributed by atoms with Crippen molar-refractivity contribution < 1.29 is 4.74 Å². The summed E-state index contributed by atoms with van der Waals surface area (Å²) in [5.74, 6) is 0.961. The molecule has 1 atom stereocenters. The summed E-state index contributed by atoms with van der Waals surface area (Å²) in [5.41, 5.74) is 4.94. The van der Waals surface area contributed by atoms with Crippen LogP contribution in [0.2, 0.25) is 0 Å². The summed E-state index contributed by atoms with van der Waals surface area (Å²) in [5, 5.41) is 3.58. The molecule has 1 N–H and O–H groups in total. The van der Waals surface area contributed by atoms with E-state index in [0.29, 0.717) is 6.61 Å². The number of aryl methyl sites for hydroxylation is 1. The molecule has 0 saturated carbocycles. The molecule has 122 valence electrons. The van der Waals surface area contributed by atoms with Crippen molar-refractivity contribution in [2.24, 2.45) is 0 Å². The molecule has 0 radical (unpaired) electrons. The lowest BCUT2D eigenvalue weighted by Gasteiger charge is -2.27. The van der Waals surface area contributed by atoms with Gasteiger partial charge in [0.2, 0.25) is 0 Å². The standard InChI is InChI=1S/C19H25N3O/c1-14-4-7-18(21-13-14)19-17-6-5-16(23-11-10-22(2)3)12-15(17)8-9-20-19/h4-7,12-13,19-20H,8-11H2,1-3H3. The summed E-state index contributed by atoms with van der Waals surface area (Å²) >= 11 is 0. The molecule has 2 aromatic rings. The zero-order valence-electron chi connectivity index (χ0n) is 14.2. The highest BCUT2D eigenvalue weighted by Gasteiger charge is 2.22. The lowest BCUT2D eigenvalue weighted by atomic mass is 9.92. The van der Waals surface area contributed by atoms with Crippen molar-refractivity contribution in [1.29, 1.82) is 0 Å². The Morgan fingerprint density at radius 3 is 2.87 bits per heavy atom. The Bertz CT molecular complexity index is 652. The lowest BCUT2D eigenvalue weighted by Crippen LogP contribution is -2.31. The molecule has 0 amide bonds. The minimum atomic E-state index is 0.176. The highest BCUT2D eigenvalue weighted by molar-refractivity contribution is 5.42. The molecule has 1 aromatic carbocycles. The molecular weight excluding hydrogens is 286 g/mol. The quantitative estimate of drug-likeness (QED) is 0.921. The van der Waals surface area contributed by atoms with Crippen LogP contribution in [0.1, 0.15) is 28.4 Å². The molecule has 1 aromatic heterocycles. The van der Waals surface area contributed by atoms with Crippen molar-refractivity contribution in [3.05, 3.63) is 58.9 Å². The number of rotatable bonds is 5. The molecule has 0 saturated heterocycles. The number of nitrogens with zero attached hydrogens (tertiary/aromatic N) is 2. The predicted octanol–water partition coefficient (Wildman–Crippen LogP) is 2.57. The number of ether oxygens (including phenoxy) is 1. The van der Waals surface area contributed by atoms with E-state index in [2.05, 4.69) is 66.6 Å². The second-order valence-electron chi connectivity index (χ2n) is 6.41. The molecule has 1 aliphatic rings. The van der Waals surface area contributed by atoms with Gasteiger partial charge in [-0.3, -0.25) is 4.98 Å². The maximum Gasteiger partial charge on any atom is 0.119 e. The topological polar surface area (TPSA) is 37.4 Å². The third kappa shape index (κ3) is 3.89. The fourth-order valence-electron chi connectivity index (χ4n) is 2.89. The molecular formula is C19H25N3O. The summed E-state index contributed by atoms with van der Waals surface area (Å²) in [6.45, 7) is 4.67. The first-order valence-electron chi connectivity index (χ1n) is 8.20. The van der Waals surface area contributed by atoms with Gasteiger partial charge in [0.15, 0.2) is 0 Å². The van der Waals surface area contributed by atoms with E-state index in [0.717, 1.165) is 31.0 Å². The first kappa shape index (κ1) is 16.0. The molecule has 3 rings (SSSR count). The van der Waals surface area contributed by atoms with E-state index in [1.165, 1.54) is 16.7 Å². The molecule has 4 heteroatoms. The van der Waals surface area contributed by atoms with Gasteiger partial charge in [-0.2, -0.15) is 0 Å². The number of hydrogen-bond acceptors (Lipinski definition) is 4. The molecule has 0 fully saturated rings. The highest BCUT2D eigenvalue weighted by atomic mass is 16.5.